The highest BCUT2D eigenvalue weighted by molar-refractivity contribution is 6.20. The number of furan rings is 1. The second-order valence-electron chi connectivity index (χ2n) is 17.9. The average Bonchev–Trinajstić information content (AvgIpc) is 3.97. The number of ether oxygens (including phenoxy) is 1. The van der Waals surface area contributed by atoms with Crippen LogP contribution >= 0.6 is 0 Å². The molecular weight excluding hydrogens is 829 g/mol. The summed E-state index contributed by atoms with van der Waals surface area (Å²) < 4.78 is 15.7. The topological polar surface area (TPSA) is 30.5 Å². The van der Waals surface area contributed by atoms with Gasteiger partial charge in [0.05, 0.1) is 33.8 Å². The smallest absolute Gasteiger partial charge is 0.152 e. The van der Waals surface area contributed by atoms with Gasteiger partial charge in [0.1, 0.15) is 11.2 Å². The standard InChI is InChI=1S/C64H42N2O2/c1-3-17-41(18-4-1)44-34-37-56(52(39-44)42-19-5-2-6-20-42)65(55-28-12-10-24-48(55)49-25-15-31-60-62(49)51-36-33-43-21-7-8-23-47(43)64(51)68-60)54-27-11-9-22-46(54)45-35-38-57-53(40-45)50-26-16-32-61-63(50)66(57)58-29-13-14-30-59(58)67-61/h1-17,19-41H,18H2. The van der Waals surface area contributed by atoms with Gasteiger partial charge in [-0.05, 0) is 101 Å². The highest BCUT2D eigenvalue weighted by atomic mass is 16.5. The van der Waals surface area contributed by atoms with Crippen LogP contribution in [0.15, 0.2) is 241 Å². The van der Waals surface area contributed by atoms with E-state index in [1.165, 1.54) is 10.9 Å². The molecule has 1 atom stereocenters. The molecular formula is C64H42N2O2. The summed E-state index contributed by atoms with van der Waals surface area (Å²) in [5.41, 5.74) is 16.4. The van der Waals surface area contributed by atoms with Gasteiger partial charge in [0, 0.05) is 49.5 Å². The molecule has 1 aliphatic carbocycles. The number of allylic oxidation sites excluding steroid dienone is 4. The van der Waals surface area contributed by atoms with Crippen LogP contribution in [0.3, 0.4) is 0 Å². The predicted molar refractivity (Wildman–Crippen MR) is 282 cm³/mol. The Balaban J connectivity index is 1.03. The third-order valence-electron chi connectivity index (χ3n) is 14.1. The zero-order valence-electron chi connectivity index (χ0n) is 37.0. The first-order valence-electron chi connectivity index (χ1n) is 23.4. The average molecular weight is 871 g/mol. The van der Waals surface area contributed by atoms with Crippen LogP contribution in [0.2, 0.25) is 0 Å². The SMILES string of the molecule is C1=CCC(c2ccc(N(c3ccccc3-c3ccc4c(c3)c3cccc5c3n4-c3ccccc3O5)c3ccccc3-c3cccc4oc5c6ccccc6ccc5c34)c(-c3ccccc3)c2)C=C1. The maximum atomic E-state index is 6.79. The normalized spacial score (nSPS) is 14.0. The molecule has 0 bridgehead atoms. The van der Waals surface area contributed by atoms with Crippen LogP contribution in [0.25, 0.3) is 93.6 Å². The van der Waals surface area contributed by atoms with Crippen molar-refractivity contribution >= 4 is 71.6 Å². The first-order valence-corrected chi connectivity index (χ1v) is 23.4. The van der Waals surface area contributed by atoms with Gasteiger partial charge < -0.3 is 18.6 Å². The van der Waals surface area contributed by atoms with Crippen LogP contribution in [-0.4, -0.2) is 4.57 Å². The van der Waals surface area contributed by atoms with Crippen LogP contribution in [0.4, 0.5) is 17.1 Å². The Morgan fingerprint density at radius 2 is 1.21 bits per heavy atom. The fourth-order valence-corrected chi connectivity index (χ4v) is 11.0. The number of nitrogens with zero attached hydrogens (tertiary/aromatic N) is 2. The van der Waals surface area contributed by atoms with Crippen molar-refractivity contribution in [3.8, 4) is 50.6 Å². The second kappa shape index (κ2) is 15.4. The maximum absolute atomic E-state index is 6.79. The van der Waals surface area contributed by atoms with Crippen LogP contribution in [0, 0.1) is 0 Å². The lowest BCUT2D eigenvalue weighted by molar-refractivity contribution is 0.476. The molecule has 320 valence electrons. The molecule has 0 spiro atoms. The molecule has 4 nitrogen and oxygen atoms in total. The van der Waals surface area contributed by atoms with Gasteiger partial charge in [-0.1, -0.05) is 170 Å². The number of fused-ring (bicyclic) bond motifs is 10. The molecule has 0 saturated carbocycles. The monoisotopic (exact) mass is 870 g/mol. The number of hydrogen-bond donors (Lipinski definition) is 0. The largest absolute Gasteiger partial charge is 0.455 e. The first kappa shape index (κ1) is 38.4. The van der Waals surface area contributed by atoms with Crippen LogP contribution < -0.4 is 9.64 Å². The molecule has 4 heteroatoms. The van der Waals surface area contributed by atoms with Gasteiger partial charge >= 0.3 is 0 Å². The molecule has 68 heavy (non-hydrogen) atoms. The fraction of sp³-hybridized carbons (Fsp3) is 0.0312. The summed E-state index contributed by atoms with van der Waals surface area (Å²) in [6.45, 7) is 0. The molecule has 14 rings (SSSR count). The highest BCUT2D eigenvalue weighted by Crippen LogP contribution is 2.52. The van der Waals surface area contributed by atoms with E-state index in [0.717, 1.165) is 123 Å². The molecule has 0 fully saturated rings. The van der Waals surface area contributed by atoms with Gasteiger partial charge in [-0.3, -0.25) is 0 Å². The third kappa shape index (κ3) is 5.94. The summed E-state index contributed by atoms with van der Waals surface area (Å²) in [7, 11) is 0. The second-order valence-corrected chi connectivity index (χ2v) is 17.9. The number of anilines is 3. The molecule has 0 amide bonds. The number of aromatic nitrogens is 1. The predicted octanol–water partition coefficient (Wildman–Crippen LogP) is 18.0. The first-order chi connectivity index (χ1) is 33.7. The Morgan fingerprint density at radius 1 is 0.471 bits per heavy atom. The maximum Gasteiger partial charge on any atom is 0.152 e. The van der Waals surface area contributed by atoms with Crippen molar-refractivity contribution in [2.75, 3.05) is 4.90 Å². The lowest BCUT2D eigenvalue weighted by atomic mass is 9.89. The Bertz CT molecular complexity index is 4060. The third-order valence-corrected chi connectivity index (χ3v) is 14.1. The van der Waals surface area contributed by atoms with Crippen molar-refractivity contribution in [3.63, 3.8) is 0 Å². The van der Waals surface area contributed by atoms with Crippen molar-refractivity contribution in [1.82, 2.24) is 4.57 Å². The summed E-state index contributed by atoms with van der Waals surface area (Å²) in [4.78, 5) is 2.51. The molecule has 1 aliphatic heterocycles. The zero-order valence-corrected chi connectivity index (χ0v) is 37.0. The van der Waals surface area contributed by atoms with Crippen molar-refractivity contribution < 1.29 is 9.15 Å². The minimum Gasteiger partial charge on any atom is -0.455 e. The van der Waals surface area contributed by atoms with Crippen molar-refractivity contribution in [1.29, 1.82) is 0 Å². The van der Waals surface area contributed by atoms with Gasteiger partial charge in [-0.25, -0.2) is 0 Å². The van der Waals surface area contributed by atoms with Crippen LogP contribution in [-0.2, 0) is 0 Å². The summed E-state index contributed by atoms with van der Waals surface area (Å²) in [5.74, 6) is 2.01. The molecule has 2 aromatic heterocycles. The van der Waals surface area contributed by atoms with Gasteiger partial charge in [0.25, 0.3) is 0 Å². The van der Waals surface area contributed by atoms with E-state index in [1.807, 2.05) is 6.07 Å². The van der Waals surface area contributed by atoms with Crippen molar-refractivity contribution in [2.45, 2.75) is 12.3 Å². The summed E-state index contributed by atoms with van der Waals surface area (Å²) >= 11 is 0. The summed E-state index contributed by atoms with van der Waals surface area (Å²) in [6.07, 6.45) is 9.90. The lowest BCUT2D eigenvalue weighted by Crippen LogP contribution is -2.14. The van der Waals surface area contributed by atoms with E-state index in [0.29, 0.717) is 0 Å². The highest BCUT2D eigenvalue weighted by Gasteiger charge is 2.28. The van der Waals surface area contributed by atoms with Crippen molar-refractivity contribution in [3.05, 3.63) is 242 Å². The van der Waals surface area contributed by atoms with E-state index in [-0.39, 0.29) is 5.92 Å². The Labute approximate surface area is 393 Å². The number of rotatable bonds is 7. The fourth-order valence-electron chi connectivity index (χ4n) is 11.0. The van der Waals surface area contributed by atoms with Gasteiger partial charge in [-0.2, -0.15) is 0 Å². The molecule has 12 aromatic rings. The molecule has 1 unspecified atom stereocenters. The van der Waals surface area contributed by atoms with Crippen LogP contribution in [0.1, 0.15) is 17.9 Å². The number of hydrogen-bond acceptors (Lipinski definition) is 3. The molecule has 0 saturated heterocycles. The van der Waals surface area contributed by atoms with E-state index in [4.69, 9.17) is 9.15 Å². The minimum absolute atomic E-state index is 0.287. The molecule has 0 N–H and O–H groups in total. The van der Waals surface area contributed by atoms with Gasteiger partial charge in [0.2, 0.25) is 0 Å². The molecule has 0 radical (unpaired) electrons. The minimum atomic E-state index is 0.287. The summed E-state index contributed by atoms with van der Waals surface area (Å²) in [6, 6.07) is 76.9. The van der Waals surface area contributed by atoms with Crippen LogP contribution in [0.5, 0.6) is 11.5 Å². The van der Waals surface area contributed by atoms with Gasteiger partial charge in [0.15, 0.2) is 11.5 Å². The van der Waals surface area contributed by atoms with E-state index in [9.17, 15) is 0 Å². The number of benzene rings is 10. The zero-order chi connectivity index (χ0) is 44.7. The van der Waals surface area contributed by atoms with Crippen molar-refractivity contribution in [2.24, 2.45) is 0 Å². The quantitative estimate of drug-likeness (QED) is 0.160. The Kier molecular flexibility index (Phi) is 8.68. The van der Waals surface area contributed by atoms with E-state index < -0.39 is 0 Å². The van der Waals surface area contributed by atoms with E-state index in [2.05, 4.69) is 240 Å². The van der Waals surface area contributed by atoms with E-state index >= 15 is 0 Å². The lowest BCUT2D eigenvalue weighted by Gasteiger charge is -2.32. The van der Waals surface area contributed by atoms with E-state index in [1.54, 1.807) is 0 Å². The molecule has 10 aromatic carbocycles. The Morgan fingerprint density at radius 3 is 2.10 bits per heavy atom. The number of para-hydroxylation sites is 5. The molecule has 3 heterocycles. The Hall–Kier alpha value is -8.86. The summed E-state index contributed by atoms with van der Waals surface area (Å²) in [5, 5.41) is 6.82. The molecule has 2 aliphatic rings. The van der Waals surface area contributed by atoms with Gasteiger partial charge in [-0.15, -0.1) is 0 Å².